The zero-order valence-corrected chi connectivity index (χ0v) is 23.4. The molecule has 3 aromatic carbocycles. The fraction of sp³-hybridized carbons (Fsp3) is 0.250. The average molecular weight is 577 g/mol. The largest absolute Gasteiger partial charge is 0.490 e. The number of hydrogen-bond acceptors (Lipinski definition) is 5. The molecule has 0 aliphatic heterocycles. The summed E-state index contributed by atoms with van der Waals surface area (Å²) in [5, 5.41) is 7.99. The molecule has 0 aromatic heterocycles. The van der Waals surface area contributed by atoms with Gasteiger partial charge < -0.3 is 14.8 Å². The monoisotopic (exact) mass is 575 g/mol. The van der Waals surface area contributed by atoms with Crippen LogP contribution in [0.1, 0.15) is 42.3 Å². The van der Waals surface area contributed by atoms with Gasteiger partial charge in [0.15, 0.2) is 11.5 Å². The molecule has 0 bridgehead atoms. The maximum atomic E-state index is 12.8. The zero-order chi connectivity index (χ0) is 27.7. The second-order valence-electron chi connectivity index (χ2n) is 8.58. The van der Waals surface area contributed by atoms with Gasteiger partial charge in [0.2, 0.25) is 0 Å². The molecule has 1 atom stereocenters. The molecule has 0 saturated heterocycles. The lowest BCUT2D eigenvalue weighted by Gasteiger charge is -2.20. The number of nitrogens with one attached hydrogen (secondary N) is 2. The molecular weight excluding hydrogens is 549 g/mol. The van der Waals surface area contributed by atoms with Crippen molar-refractivity contribution in [2.24, 2.45) is 11.0 Å². The van der Waals surface area contributed by atoms with Crippen LogP contribution in [0.3, 0.4) is 0 Å². The quantitative estimate of drug-likeness (QED) is 0.201. The fourth-order valence-corrected chi connectivity index (χ4v) is 3.89. The van der Waals surface area contributed by atoms with Gasteiger partial charge in [-0.3, -0.25) is 9.59 Å². The lowest BCUT2D eigenvalue weighted by molar-refractivity contribution is -0.123. The van der Waals surface area contributed by atoms with Crippen molar-refractivity contribution >= 4 is 52.8 Å². The second-order valence-corrected chi connectivity index (χ2v) is 9.80. The average Bonchev–Trinajstić information content (AvgIpc) is 2.89. The third-order valence-electron chi connectivity index (χ3n) is 5.41. The van der Waals surface area contributed by atoms with Crippen molar-refractivity contribution in [3.8, 4) is 11.5 Å². The topological polar surface area (TPSA) is 89.0 Å². The summed E-state index contributed by atoms with van der Waals surface area (Å²) in [5.41, 5.74) is 4.32. The number of benzene rings is 3. The number of rotatable bonds is 11. The number of carbonyl (C=O) groups excluding carboxylic acids is 2. The lowest BCUT2D eigenvalue weighted by Crippen LogP contribution is -2.48. The number of amides is 2. The van der Waals surface area contributed by atoms with Crippen LogP contribution in [-0.4, -0.2) is 30.7 Å². The van der Waals surface area contributed by atoms with Crippen LogP contribution in [0.4, 0.5) is 0 Å². The summed E-state index contributed by atoms with van der Waals surface area (Å²) in [7, 11) is 0. The Morgan fingerprint density at radius 1 is 0.921 bits per heavy atom. The molecule has 2 N–H and O–H groups in total. The van der Waals surface area contributed by atoms with Crippen molar-refractivity contribution in [2.45, 2.75) is 33.4 Å². The SMILES string of the molecule is CCOc1cc(C=NNC(=O)C(NC(=O)c2ccc(Cl)c(Cl)c2)C(C)C)ccc1OCc1ccccc1Cl. The molecule has 3 rings (SSSR count). The van der Waals surface area contributed by atoms with E-state index in [0.717, 1.165) is 5.56 Å². The Balaban J connectivity index is 1.65. The molecular formula is C28H28Cl3N3O4. The molecule has 0 fully saturated rings. The lowest BCUT2D eigenvalue weighted by atomic mass is 10.0. The Kier molecular flexibility index (Phi) is 10.8. The van der Waals surface area contributed by atoms with Crippen molar-refractivity contribution < 1.29 is 19.1 Å². The maximum Gasteiger partial charge on any atom is 0.262 e. The zero-order valence-electron chi connectivity index (χ0n) is 21.1. The summed E-state index contributed by atoms with van der Waals surface area (Å²) in [4.78, 5) is 25.4. The van der Waals surface area contributed by atoms with Crippen LogP contribution in [-0.2, 0) is 11.4 Å². The van der Waals surface area contributed by atoms with Gasteiger partial charge in [0.05, 0.1) is 22.9 Å². The Labute approximate surface area is 237 Å². The van der Waals surface area contributed by atoms with Crippen molar-refractivity contribution in [2.75, 3.05) is 6.61 Å². The van der Waals surface area contributed by atoms with Crippen LogP contribution in [0, 0.1) is 5.92 Å². The summed E-state index contributed by atoms with van der Waals surface area (Å²) in [6, 6.07) is 16.4. The first-order chi connectivity index (χ1) is 18.2. The molecule has 0 aliphatic rings. The van der Waals surface area contributed by atoms with Crippen molar-refractivity contribution in [3.63, 3.8) is 0 Å². The van der Waals surface area contributed by atoms with Gasteiger partial charge in [0.25, 0.3) is 11.8 Å². The molecule has 3 aromatic rings. The molecule has 2 amide bonds. The van der Waals surface area contributed by atoms with Gasteiger partial charge in [-0.2, -0.15) is 5.10 Å². The molecule has 0 radical (unpaired) electrons. The van der Waals surface area contributed by atoms with Gasteiger partial charge in [-0.15, -0.1) is 0 Å². The van der Waals surface area contributed by atoms with Crippen molar-refractivity contribution in [1.82, 2.24) is 10.7 Å². The van der Waals surface area contributed by atoms with Crippen molar-refractivity contribution in [1.29, 1.82) is 0 Å². The van der Waals surface area contributed by atoms with E-state index in [1.165, 1.54) is 24.4 Å². The Morgan fingerprint density at radius 3 is 2.37 bits per heavy atom. The first-order valence-corrected chi connectivity index (χ1v) is 13.0. The normalized spacial score (nSPS) is 11.9. The van der Waals surface area contributed by atoms with Gasteiger partial charge >= 0.3 is 0 Å². The Morgan fingerprint density at radius 2 is 1.68 bits per heavy atom. The van der Waals surface area contributed by atoms with E-state index in [-0.39, 0.29) is 17.5 Å². The van der Waals surface area contributed by atoms with Gasteiger partial charge in [0.1, 0.15) is 12.6 Å². The summed E-state index contributed by atoms with van der Waals surface area (Å²) in [5.74, 6) is -0.0258. The second kappa shape index (κ2) is 14.0. The fourth-order valence-electron chi connectivity index (χ4n) is 3.40. The minimum absolute atomic E-state index is 0.198. The van der Waals surface area contributed by atoms with Gasteiger partial charge in [0, 0.05) is 16.1 Å². The molecule has 1 unspecified atom stereocenters. The van der Waals surface area contributed by atoms with E-state index in [0.29, 0.717) is 39.3 Å². The minimum Gasteiger partial charge on any atom is -0.490 e. The Hall–Kier alpha value is -3.26. The van der Waals surface area contributed by atoms with Gasteiger partial charge in [-0.25, -0.2) is 5.43 Å². The molecule has 0 aliphatic carbocycles. The standard InChI is InChI=1S/C28H28Cl3N3O4/c1-4-37-25-13-18(9-12-24(25)38-16-20-7-5-6-8-21(20)29)15-32-34-28(36)26(17(2)3)33-27(35)19-10-11-22(30)23(31)14-19/h5-15,17,26H,4,16H2,1-3H3,(H,33,35)(H,34,36). The summed E-state index contributed by atoms with van der Waals surface area (Å²) >= 11 is 18.1. The highest BCUT2D eigenvalue weighted by atomic mass is 35.5. The van der Waals surface area contributed by atoms with E-state index in [1.54, 1.807) is 24.3 Å². The number of hydrogen-bond donors (Lipinski definition) is 2. The van der Waals surface area contributed by atoms with Crippen LogP contribution in [0.25, 0.3) is 0 Å². The predicted molar refractivity (Wildman–Crippen MR) is 152 cm³/mol. The molecule has 7 nitrogen and oxygen atoms in total. The van der Waals surface area contributed by atoms with Crippen LogP contribution in [0.2, 0.25) is 15.1 Å². The number of ether oxygens (including phenoxy) is 2. The third kappa shape index (κ3) is 8.12. The third-order valence-corrected chi connectivity index (χ3v) is 6.52. The molecule has 10 heteroatoms. The number of nitrogens with zero attached hydrogens (tertiary/aromatic N) is 1. The van der Waals surface area contributed by atoms with Gasteiger partial charge in [-0.05, 0) is 60.9 Å². The highest BCUT2D eigenvalue weighted by Crippen LogP contribution is 2.29. The van der Waals surface area contributed by atoms with Crippen LogP contribution >= 0.6 is 34.8 Å². The highest BCUT2D eigenvalue weighted by molar-refractivity contribution is 6.42. The summed E-state index contributed by atoms with van der Waals surface area (Å²) in [6.07, 6.45) is 1.48. The number of hydrazone groups is 1. The highest BCUT2D eigenvalue weighted by Gasteiger charge is 2.24. The summed E-state index contributed by atoms with van der Waals surface area (Å²) in [6.45, 7) is 6.23. The van der Waals surface area contributed by atoms with E-state index in [9.17, 15) is 9.59 Å². The van der Waals surface area contributed by atoms with E-state index >= 15 is 0 Å². The molecule has 200 valence electrons. The number of carbonyl (C=O) groups is 2. The van der Waals surface area contributed by atoms with E-state index in [2.05, 4.69) is 15.8 Å². The van der Waals surface area contributed by atoms with E-state index < -0.39 is 17.9 Å². The minimum atomic E-state index is -0.825. The van der Waals surface area contributed by atoms with E-state index in [4.69, 9.17) is 44.3 Å². The van der Waals surface area contributed by atoms with Crippen LogP contribution in [0.15, 0.2) is 65.8 Å². The van der Waals surface area contributed by atoms with Gasteiger partial charge in [-0.1, -0.05) is 66.8 Å². The van der Waals surface area contributed by atoms with Crippen molar-refractivity contribution in [3.05, 3.63) is 92.4 Å². The first-order valence-electron chi connectivity index (χ1n) is 11.9. The van der Waals surface area contributed by atoms with E-state index in [1.807, 2.05) is 39.0 Å². The molecule has 38 heavy (non-hydrogen) atoms. The first kappa shape index (κ1) is 29.3. The maximum absolute atomic E-state index is 12.8. The van der Waals surface area contributed by atoms with Crippen LogP contribution in [0.5, 0.6) is 11.5 Å². The summed E-state index contributed by atoms with van der Waals surface area (Å²) < 4.78 is 11.6. The number of halogens is 3. The molecule has 0 heterocycles. The van der Waals surface area contributed by atoms with Crippen LogP contribution < -0.4 is 20.2 Å². The molecule has 0 saturated carbocycles. The predicted octanol–water partition coefficient (Wildman–Crippen LogP) is 6.53. The molecule has 0 spiro atoms. The Bertz CT molecular complexity index is 1310. The smallest absolute Gasteiger partial charge is 0.262 e.